The van der Waals surface area contributed by atoms with E-state index >= 15 is 0 Å². The average molecular weight is 368 g/mol. The molecule has 3 aromatic rings. The van der Waals surface area contributed by atoms with Gasteiger partial charge in [0, 0.05) is 23.8 Å². The molecule has 0 radical (unpaired) electrons. The number of carbonyl (C=O) groups is 2. The lowest BCUT2D eigenvalue weighted by molar-refractivity contribution is -0.144. The third kappa shape index (κ3) is 2.70. The molecule has 1 aromatic heterocycles. The molecule has 6 nitrogen and oxygen atoms in total. The lowest BCUT2D eigenvalue weighted by Gasteiger charge is -2.16. The summed E-state index contributed by atoms with van der Waals surface area (Å²) in [6, 6.07) is 16.4. The molecule has 1 aliphatic heterocycles. The van der Waals surface area contributed by atoms with E-state index < -0.39 is 22.9 Å². The van der Waals surface area contributed by atoms with Crippen LogP contribution in [0.4, 0.5) is 5.69 Å². The first kappa shape index (κ1) is 16.5. The highest BCUT2D eigenvalue weighted by atomic mass is 32.2. The van der Waals surface area contributed by atoms with E-state index in [-0.39, 0.29) is 5.91 Å². The molecule has 1 amide bonds. The standard InChI is InChI=1S/C19H16N2O4S/c22-18-16(19(23)24)9-10-20(18)14-6-7-17-13(12-14)8-11-21(17)26(25)15-4-2-1-3-5-15/h1-8,11-12,16H,9-10H2,(H,23,24). The number of anilines is 1. The van der Waals surface area contributed by atoms with Crippen LogP contribution in [0.3, 0.4) is 0 Å². The van der Waals surface area contributed by atoms with E-state index in [0.717, 1.165) is 10.9 Å². The summed E-state index contributed by atoms with van der Waals surface area (Å²) in [5, 5.41) is 9.95. The largest absolute Gasteiger partial charge is 0.481 e. The normalized spacial score (nSPS) is 18.4. The molecule has 1 fully saturated rings. The Morgan fingerprint density at radius 3 is 2.58 bits per heavy atom. The molecule has 1 saturated heterocycles. The summed E-state index contributed by atoms with van der Waals surface area (Å²) >= 11 is 0. The molecule has 0 aliphatic carbocycles. The Morgan fingerprint density at radius 2 is 1.88 bits per heavy atom. The average Bonchev–Trinajstić information content (AvgIpc) is 3.24. The first-order chi connectivity index (χ1) is 12.6. The van der Waals surface area contributed by atoms with Crippen LogP contribution in [0.1, 0.15) is 6.42 Å². The number of amides is 1. The highest BCUT2D eigenvalue weighted by molar-refractivity contribution is 7.83. The molecule has 1 N–H and O–H groups in total. The molecular weight excluding hydrogens is 352 g/mol. The fourth-order valence-corrected chi connectivity index (χ4v) is 4.37. The zero-order valence-electron chi connectivity index (χ0n) is 13.7. The summed E-state index contributed by atoms with van der Waals surface area (Å²) in [6.45, 7) is 0.387. The van der Waals surface area contributed by atoms with Crippen LogP contribution in [0.25, 0.3) is 10.9 Å². The van der Waals surface area contributed by atoms with Crippen molar-refractivity contribution in [3.05, 3.63) is 60.8 Å². The number of nitrogens with zero attached hydrogens (tertiary/aromatic N) is 2. The number of hydrogen-bond donors (Lipinski definition) is 1. The van der Waals surface area contributed by atoms with Gasteiger partial charge in [0.15, 0.2) is 11.0 Å². The molecule has 2 aromatic carbocycles. The van der Waals surface area contributed by atoms with Gasteiger partial charge in [0.05, 0.1) is 10.4 Å². The molecule has 4 rings (SSSR count). The van der Waals surface area contributed by atoms with Crippen LogP contribution in [0.15, 0.2) is 65.7 Å². The number of carboxylic acids is 1. The van der Waals surface area contributed by atoms with Crippen molar-refractivity contribution in [3.63, 3.8) is 0 Å². The maximum absolute atomic E-state index is 12.8. The first-order valence-corrected chi connectivity index (χ1v) is 9.29. The number of benzene rings is 2. The van der Waals surface area contributed by atoms with Gasteiger partial charge in [0.25, 0.3) is 0 Å². The Kier molecular flexibility index (Phi) is 4.08. The van der Waals surface area contributed by atoms with E-state index in [1.54, 1.807) is 16.2 Å². The first-order valence-electron chi connectivity index (χ1n) is 8.19. The van der Waals surface area contributed by atoms with Gasteiger partial charge in [0.2, 0.25) is 5.91 Å². The summed E-state index contributed by atoms with van der Waals surface area (Å²) < 4.78 is 14.5. The van der Waals surface area contributed by atoms with Gasteiger partial charge in [-0.15, -0.1) is 0 Å². The number of rotatable bonds is 4. The van der Waals surface area contributed by atoms with Crippen molar-refractivity contribution in [2.24, 2.45) is 5.92 Å². The van der Waals surface area contributed by atoms with E-state index in [1.807, 2.05) is 48.5 Å². The van der Waals surface area contributed by atoms with Crippen LogP contribution in [0.5, 0.6) is 0 Å². The third-order valence-electron chi connectivity index (χ3n) is 4.58. The number of hydrogen-bond acceptors (Lipinski definition) is 3. The molecule has 26 heavy (non-hydrogen) atoms. The molecule has 0 saturated carbocycles. The second kappa shape index (κ2) is 6.42. The van der Waals surface area contributed by atoms with E-state index in [1.165, 1.54) is 4.90 Å². The molecule has 2 atom stereocenters. The minimum absolute atomic E-state index is 0.311. The Balaban J connectivity index is 1.67. The summed E-state index contributed by atoms with van der Waals surface area (Å²) in [6.07, 6.45) is 2.06. The Labute approximate surface area is 152 Å². The van der Waals surface area contributed by atoms with Gasteiger partial charge in [-0.2, -0.15) is 0 Å². The predicted molar refractivity (Wildman–Crippen MR) is 98.3 cm³/mol. The van der Waals surface area contributed by atoms with Gasteiger partial charge in [0.1, 0.15) is 5.92 Å². The molecule has 2 unspecified atom stereocenters. The smallest absolute Gasteiger partial charge is 0.316 e. The Hall–Kier alpha value is -2.93. The molecule has 0 bridgehead atoms. The van der Waals surface area contributed by atoms with Crippen molar-refractivity contribution in [3.8, 4) is 0 Å². The predicted octanol–water partition coefficient (Wildman–Crippen LogP) is 2.65. The van der Waals surface area contributed by atoms with Crippen LogP contribution in [-0.2, 0) is 20.6 Å². The van der Waals surface area contributed by atoms with Gasteiger partial charge < -0.3 is 10.0 Å². The van der Waals surface area contributed by atoms with E-state index in [0.29, 0.717) is 23.5 Å². The number of aliphatic carboxylic acids is 1. The molecule has 0 spiro atoms. The summed E-state index contributed by atoms with van der Waals surface area (Å²) in [4.78, 5) is 25.6. The van der Waals surface area contributed by atoms with Crippen molar-refractivity contribution in [2.75, 3.05) is 11.4 Å². The second-order valence-corrected chi connectivity index (χ2v) is 7.48. The fourth-order valence-electron chi connectivity index (χ4n) is 3.23. The molecule has 132 valence electrons. The number of carbonyl (C=O) groups excluding carboxylic acids is 1. The Bertz CT molecular complexity index is 1030. The lowest BCUT2D eigenvalue weighted by atomic mass is 10.1. The third-order valence-corrected chi connectivity index (χ3v) is 5.93. The van der Waals surface area contributed by atoms with Crippen molar-refractivity contribution in [1.29, 1.82) is 0 Å². The summed E-state index contributed by atoms with van der Waals surface area (Å²) in [7, 11) is -1.36. The van der Waals surface area contributed by atoms with Crippen LogP contribution >= 0.6 is 0 Å². The minimum atomic E-state index is -1.36. The number of carboxylic acid groups (broad SMARTS) is 1. The highest BCUT2D eigenvalue weighted by Crippen LogP contribution is 2.29. The number of aromatic nitrogens is 1. The zero-order chi connectivity index (χ0) is 18.3. The maximum Gasteiger partial charge on any atom is 0.316 e. The van der Waals surface area contributed by atoms with Crippen LogP contribution in [0, 0.1) is 5.92 Å². The summed E-state index contributed by atoms with van der Waals surface area (Å²) in [5.41, 5.74) is 1.45. The van der Waals surface area contributed by atoms with Gasteiger partial charge >= 0.3 is 5.97 Å². The van der Waals surface area contributed by atoms with Crippen molar-refractivity contribution in [1.82, 2.24) is 3.97 Å². The maximum atomic E-state index is 12.8. The molecule has 2 heterocycles. The SMILES string of the molecule is O=C(O)C1CCN(c2ccc3c(ccn3S(=O)c3ccccc3)c2)C1=O. The van der Waals surface area contributed by atoms with Gasteiger partial charge in [-0.25, -0.2) is 4.21 Å². The quantitative estimate of drug-likeness (QED) is 0.718. The van der Waals surface area contributed by atoms with E-state index in [4.69, 9.17) is 5.11 Å². The minimum Gasteiger partial charge on any atom is -0.481 e. The van der Waals surface area contributed by atoms with Gasteiger partial charge in [-0.3, -0.25) is 13.6 Å². The van der Waals surface area contributed by atoms with E-state index in [9.17, 15) is 13.8 Å². The fraction of sp³-hybridized carbons (Fsp3) is 0.158. The van der Waals surface area contributed by atoms with Crippen molar-refractivity contribution < 1.29 is 18.9 Å². The van der Waals surface area contributed by atoms with Gasteiger partial charge in [-0.05, 0) is 42.8 Å². The van der Waals surface area contributed by atoms with Gasteiger partial charge in [-0.1, -0.05) is 18.2 Å². The molecule has 7 heteroatoms. The molecular formula is C19H16N2O4S. The van der Waals surface area contributed by atoms with Crippen LogP contribution in [0.2, 0.25) is 0 Å². The molecule has 1 aliphatic rings. The van der Waals surface area contributed by atoms with E-state index in [2.05, 4.69) is 0 Å². The topological polar surface area (TPSA) is 79.6 Å². The summed E-state index contributed by atoms with van der Waals surface area (Å²) in [5.74, 6) is -2.44. The van der Waals surface area contributed by atoms with Crippen LogP contribution < -0.4 is 4.90 Å². The van der Waals surface area contributed by atoms with Crippen LogP contribution in [-0.4, -0.2) is 31.7 Å². The number of fused-ring (bicyclic) bond motifs is 1. The second-order valence-electron chi connectivity index (χ2n) is 6.12. The van der Waals surface area contributed by atoms with Crippen molar-refractivity contribution in [2.45, 2.75) is 11.3 Å². The Morgan fingerprint density at radius 1 is 1.12 bits per heavy atom. The monoisotopic (exact) mass is 368 g/mol. The lowest BCUT2D eigenvalue weighted by Crippen LogP contribution is -2.30. The van der Waals surface area contributed by atoms with Crippen molar-refractivity contribution >= 4 is 39.5 Å². The zero-order valence-corrected chi connectivity index (χ0v) is 14.6. The highest BCUT2D eigenvalue weighted by Gasteiger charge is 2.37.